The second-order valence-corrected chi connectivity index (χ2v) is 23.9. The van der Waals surface area contributed by atoms with Crippen molar-refractivity contribution >= 4 is 71.0 Å². The maximum absolute atomic E-state index is 4.81. The average molecular weight is 1240 g/mol. The highest BCUT2D eigenvalue weighted by Gasteiger charge is 2.26. The fourth-order valence-electron chi connectivity index (χ4n) is 13.4. The summed E-state index contributed by atoms with van der Waals surface area (Å²) in [5.74, 6) is 0. The Kier molecular flexibility index (Phi) is 24.8. The van der Waals surface area contributed by atoms with E-state index in [2.05, 4.69) is 364 Å². The minimum Gasteiger partial charge on any atom is -0.0985 e. The summed E-state index contributed by atoms with van der Waals surface area (Å²) in [6.45, 7) is 46.1. The van der Waals surface area contributed by atoms with Crippen molar-refractivity contribution < 1.29 is 0 Å². The standard InChI is InChI=1S/C95H96/c1-19-31-37-47-65(14)80(29-11)90(68(17)64(13)45-33-21-3)76-56-74-59-79(93-84(72(28-10)44-25-7)54-42-55-85(93)73-50-39-36-40-51-73)63-89-87-61-77(91(69(18)70(26-8)49-35-23-5)81(30-12)66(15)48-38-32-20-2)57-75-58-78(62-88(95(75)87)86(60-76)94(74)89)92-82(67(16)46-34-22-4)52-41-53-83(92)71(27-9)43-24-6/h19-63H,8,14-15H2,1-7,9-13,16-18H3/b31-19-,32-20-,33-21-,34-22-,35-23-,43-24-,44-25-,47-37-,48-38-,64-45+,67-46+,70-49+,71-27+,72-28+,80-29-,81-30-,90-68+,91-69+. The molecule has 0 atom stereocenters. The van der Waals surface area contributed by atoms with Gasteiger partial charge in [-0.15, -0.1) is 0 Å². The molecule has 0 unspecified atom stereocenters. The molecule has 0 bridgehead atoms. The molecule has 8 aromatic carbocycles. The summed E-state index contributed by atoms with van der Waals surface area (Å²) in [5.41, 5.74) is 26.7. The first-order chi connectivity index (χ1) is 46.2. The van der Waals surface area contributed by atoms with Gasteiger partial charge in [0.15, 0.2) is 0 Å². The number of hydrogen-bond donors (Lipinski definition) is 0. The summed E-state index contributed by atoms with van der Waals surface area (Å²) in [5, 5.41) is 9.31. The molecule has 8 aromatic rings. The summed E-state index contributed by atoms with van der Waals surface area (Å²) >= 11 is 0. The van der Waals surface area contributed by atoms with E-state index in [1.165, 1.54) is 65.9 Å². The molecule has 0 nitrogen and oxygen atoms in total. The van der Waals surface area contributed by atoms with Gasteiger partial charge < -0.3 is 0 Å². The summed E-state index contributed by atoms with van der Waals surface area (Å²) < 4.78 is 0. The Balaban J connectivity index is 1.78. The summed E-state index contributed by atoms with van der Waals surface area (Å²) in [7, 11) is 0. The van der Waals surface area contributed by atoms with E-state index in [9.17, 15) is 0 Å². The molecule has 8 rings (SSSR count). The Morgan fingerprint density at radius 1 is 0.368 bits per heavy atom. The smallest absolute Gasteiger partial charge is 0.00255 e. The molecule has 0 aromatic heterocycles. The van der Waals surface area contributed by atoms with Gasteiger partial charge >= 0.3 is 0 Å². The lowest BCUT2D eigenvalue weighted by molar-refractivity contribution is 1.33. The Morgan fingerprint density at radius 2 is 0.821 bits per heavy atom. The molecule has 0 aliphatic heterocycles. The monoisotopic (exact) mass is 1240 g/mol. The zero-order chi connectivity index (χ0) is 68.3. The highest BCUT2D eigenvalue weighted by atomic mass is 14.3. The van der Waals surface area contributed by atoms with E-state index in [0.717, 1.165) is 111 Å². The number of benzene rings is 8. The van der Waals surface area contributed by atoms with Gasteiger partial charge in [-0.1, -0.05) is 244 Å². The molecular weight excluding hydrogens is 1140 g/mol. The van der Waals surface area contributed by atoms with Gasteiger partial charge in [0.25, 0.3) is 0 Å². The Hall–Kier alpha value is -10.4. The van der Waals surface area contributed by atoms with Gasteiger partial charge in [0.1, 0.15) is 0 Å². The van der Waals surface area contributed by atoms with E-state index in [4.69, 9.17) is 13.2 Å². The molecule has 0 aliphatic rings. The summed E-state index contributed by atoms with van der Waals surface area (Å²) in [4.78, 5) is 0. The lowest BCUT2D eigenvalue weighted by atomic mass is 9.79. The highest BCUT2D eigenvalue weighted by Crippen LogP contribution is 2.51. The molecule has 0 aliphatic carbocycles. The van der Waals surface area contributed by atoms with Crippen molar-refractivity contribution in [2.75, 3.05) is 0 Å². The quantitative estimate of drug-likeness (QED) is 0.0321. The summed E-state index contributed by atoms with van der Waals surface area (Å²) in [6, 6.07) is 44.4. The van der Waals surface area contributed by atoms with Gasteiger partial charge in [0.2, 0.25) is 0 Å². The zero-order valence-corrected chi connectivity index (χ0v) is 59.1. The van der Waals surface area contributed by atoms with E-state index in [1.807, 2.05) is 19.9 Å². The van der Waals surface area contributed by atoms with Crippen molar-refractivity contribution in [1.82, 2.24) is 0 Å². The number of fused-ring (bicyclic) bond motifs is 2. The van der Waals surface area contributed by atoms with Crippen LogP contribution in [0.4, 0.5) is 0 Å². The molecular formula is C95H96. The van der Waals surface area contributed by atoms with Gasteiger partial charge in [-0.3, -0.25) is 0 Å². The maximum Gasteiger partial charge on any atom is -0.00255 e. The predicted molar refractivity (Wildman–Crippen MR) is 430 cm³/mol. The van der Waals surface area contributed by atoms with E-state index in [-0.39, 0.29) is 0 Å². The molecule has 0 fully saturated rings. The van der Waals surface area contributed by atoms with Crippen molar-refractivity contribution in [1.29, 1.82) is 0 Å². The predicted octanol–water partition coefficient (Wildman–Crippen LogP) is 28.7. The van der Waals surface area contributed by atoms with Crippen LogP contribution in [-0.2, 0) is 0 Å². The van der Waals surface area contributed by atoms with Crippen molar-refractivity contribution in [3.8, 4) is 33.4 Å². The Morgan fingerprint density at radius 3 is 1.31 bits per heavy atom. The Bertz CT molecular complexity index is 4840. The molecule has 0 spiro atoms. The average Bonchev–Trinajstić information content (AvgIpc) is 0.702. The van der Waals surface area contributed by atoms with Gasteiger partial charge in [-0.2, -0.15) is 0 Å². The largest absolute Gasteiger partial charge is 0.0985 e. The molecule has 95 heavy (non-hydrogen) atoms. The second-order valence-electron chi connectivity index (χ2n) is 23.9. The molecule has 0 radical (unpaired) electrons. The van der Waals surface area contributed by atoms with Crippen LogP contribution in [0.25, 0.3) is 104 Å². The lowest BCUT2D eigenvalue weighted by Gasteiger charge is -2.25. The van der Waals surface area contributed by atoms with Crippen molar-refractivity contribution in [3.63, 3.8) is 0 Å². The second kappa shape index (κ2) is 33.4. The number of rotatable bonds is 24. The highest BCUT2D eigenvalue weighted by molar-refractivity contribution is 6.35. The van der Waals surface area contributed by atoms with Crippen molar-refractivity contribution in [3.05, 3.63) is 365 Å². The molecule has 0 saturated heterocycles. The van der Waals surface area contributed by atoms with Gasteiger partial charge in [0.05, 0.1) is 0 Å². The first-order valence-electron chi connectivity index (χ1n) is 33.6. The van der Waals surface area contributed by atoms with E-state index >= 15 is 0 Å². The third-order valence-electron chi connectivity index (χ3n) is 18.0. The summed E-state index contributed by atoms with van der Waals surface area (Å²) in [6.07, 6.45) is 55.8. The first kappa shape index (κ1) is 70.5. The fourth-order valence-corrected chi connectivity index (χ4v) is 13.4. The van der Waals surface area contributed by atoms with Gasteiger partial charge in [-0.25, -0.2) is 0 Å². The SMILES string of the molecule is C=CC(=C\C=C/C)/C(C)=C(/C(=C\C)C(=C)/C=C\C=C/C)c1cc2cc(-c3c(/C(C)=C/C=C\C)cccc3C(/C=C\C)=C/C)cc3c4cc(C(/C(=C\C)C(=C)/C=C\C=C/C)=C(C)\C(C)=C\C=C/C)cc5cc(-c6c(C(/C=C\C)=C/C)cccc6-c6ccccc6)cc(c(c1)c23)c54. The maximum atomic E-state index is 4.81. The van der Waals surface area contributed by atoms with Crippen LogP contribution in [0.3, 0.4) is 0 Å². The number of allylic oxidation sites excluding steroid dienone is 39. The number of hydrogen-bond acceptors (Lipinski definition) is 0. The molecule has 0 N–H and O–H groups in total. The zero-order valence-electron chi connectivity index (χ0n) is 59.1. The van der Waals surface area contributed by atoms with E-state index in [1.54, 1.807) is 0 Å². The van der Waals surface area contributed by atoms with Gasteiger partial charge in [0, 0.05) is 0 Å². The fraction of sp³-hybridized carbons (Fsp3) is 0.158. The van der Waals surface area contributed by atoms with Crippen LogP contribution in [0.2, 0.25) is 0 Å². The van der Waals surface area contributed by atoms with Gasteiger partial charge in [-0.05, 0) is 329 Å². The Labute approximate surface area is 570 Å². The lowest BCUT2D eigenvalue weighted by Crippen LogP contribution is -2.01. The topological polar surface area (TPSA) is 0 Å². The molecule has 0 heteroatoms. The van der Waals surface area contributed by atoms with Crippen LogP contribution >= 0.6 is 0 Å². The van der Waals surface area contributed by atoms with Crippen LogP contribution in [0.1, 0.15) is 132 Å². The van der Waals surface area contributed by atoms with Crippen molar-refractivity contribution in [2.24, 2.45) is 0 Å². The van der Waals surface area contributed by atoms with Crippen LogP contribution < -0.4 is 0 Å². The molecule has 0 amide bonds. The molecule has 0 heterocycles. The minimum absolute atomic E-state index is 0.908. The molecule has 0 saturated carbocycles. The minimum atomic E-state index is 0.908. The van der Waals surface area contributed by atoms with Crippen molar-refractivity contribution in [2.45, 2.75) is 104 Å². The third kappa shape index (κ3) is 15.2. The van der Waals surface area contributed by atoms with Crippen LogP contribution in [0, 0.1) is 0 Å². The van der Waals surface area contributed by atoms with Crippen LogP contribution in [-0.4, -0.2) is 0 Å². The van der Waals surface area contributed by atoms with Crippen LogP contribution in [0.15, 0.2) is 338 Å². The van der Waals surface area contributed by atoms with E-state index in [0.29, 0.717) is 0 Å². The third-order valence-corrected chi connectivity index (χ3v) is 18.0. The van der Waals surface area contributed by atoms with Crippen LogP contribution in [0.5, 0.6) is 0 Å². The molecule has 476 valence electrons. The first-order valence-corrected chi connectivity index (χ1v) is 33.6. The normalized spacial score (nSPS) is 14.6. The van der Waals surface area contributed by atoms with E-state index < -0.39 is 0 Å².